The minimum atomic E-state index is -5.17. The molecule has 3 N–H and O–H groups in total. The van der Waals surface area contributed by atoms with Gasteiger partial charge in [0.15, 0.2) is 0 Å². The summed E-state index contributed by atoms with van der Waals surface area (Å²) < 4.78 is 40.7. The Morgan fingerprint density at radius 3 is 2.28 bits per heavy atom. The summed E-state index contributed by atoms with van der Waals surface area (Å²) in [7, 11) is 3.32. The fraction of sp³-hybridized carbons (Fsp3) is 0.440. The molecule has 2 aromatic rings. The van der Waals surface area contributed by atoms with Crippen molar-refractivity contribution >= 4 is 29.1 Å². The van der Waals surface area contributed by atoms with Crippen molar-refractivity contribution in [3.63, 3.8) is 0 Å². The number of benzene rings is 2. The third kappa shape index (κ3) is 6.11. The van der Waals surface area contributed by atoms with E-state index in [1.807, 2.05) is 6.07 Å². The Kier molecular flexibility index (Phi) is 8.86. The second kappa shape index (κ2) is 11.5. The number of carbonyl (C=O) groups is 2. The van der Waals surface area contributed by atoms with Gasteiger partial charge in [-0.15, -0.1) is 0 Å². The number of hydrogen-bond acceptors (Lipinski definition) is 5. The van der Waals surface area contributed by atoms with Crippen LogP contribution < -0.4 is 15.5 Å². The van der Waals surface area contributed by atoms with Crippen molar-refractivity contribution in [1.29, 1.82) is 0 Å². The Balaban J connectivity index is 1.48. The molecule has 7 nitrogen and oxygen atoms in total. The van der Waals surface area contributed by atoms with Crippen LogP contribution in [0.5, 0.6) is 0 Å². The number of hydrogen-bond donors (Lipinski definition) is 3. The molecule has 0 saturated carbocycles. The molecule has 1 fully saturated rings. The molecule has 3 rings (SSSR count). The molecule has 1 aliphatic rings. The second-order valence-electron chi connectivity index (χ2n) is 8.91. The van der Waals surface area contributed by atoms with E-state index in [-0.39, 0.29) is 25.0 Å². The molecular weight excluding hydrogens is 497 g/mol. The molecule has 0 radical (unpaired) electrons. The van der Waals surface area contributed by atoms with E-state index in [0.717, 1.165) is 43.8 Å². The van der Waals surface area contributed by atoms with Crippen molar-refractivity contribution in [2.24, 2.45) is 0 Å². The van der Waals surface area contributed by atoms with E-state index < -0.39 is 23.2 Å². The number of rotatable bonds is 8. The summed E-state index contributed by atoms with van der Waals surface area (Å²) in [6, 6.07) is 11.8. The van der Waals surface area contributed by atoms with E-state index in [2.05, 4.69) is 15.5 Å². The number of carbonyl (C=O) groups excluding carboxylic acids is 2. The van der Waals surface area contributed by atoms with Crippen LogP contribution in [0.25, 0.3) is 0 Å². The molecule has 11 heteroatoms. The summed E-state index contributed by atoms with van der Waals surface area (Å²) in [6.45, 7) is 1.64. The Labute approximate surface area is 213 Å². The number of alkyl halides is 3. The number of aliphatic hydroxyl groups is 1. The zero-order valence-corrected chi connectivity index (χ0v) is 20.9. The van der Waals surface area contributed by atoms with Crippen LogP contribution in [0.1, 0.15) is 28.8 Å². The molecule has 0 bridgehead atoms. The molecule has 1 atom stereocenters. The molecule has 0 aliphatic carbocycles. The van der Waals surface area contributed by atoms with Crippen molar-refractivity contribution < 1.29 is 27.9 Å². The van der Waals surface area contributed by atoms with E-state index in [0.29, 0.717) is 10.6 Å². The van der Waals surface area contributed by atoms with E-state index in [1.165, 1.54) is 23.1 Å². The maximum atomic E-state index is 13.6. The minimum absolute atomic E-state index is 0.0682. The van der Waals surface area contributed by atoms with Gasteiger partial charge in [-0.3, -0.25) is 9.59 Å². The lowest BCUT2D eigenvalue weighted by molar-refractivity contribution is -0.257. The van der Waals surface area contributed by atoms with Crippen molar-refractivity contribution in [3.05, 3.63) is 64.7 Å². The van der Waals surface area contributed by atoms with Gasteiger partial charge in [0.1, 0.15) is 0 Å². The predicted molar refractivity (Wildman–Crippen MR) is 132 cm³/mol. The van der Waals surface area contributed by atoms with Gasteiger partial charge in [0.05, 0.1) is 10.6 Å². The lowest BCUT2D eigenvalue weighted by atomic mass is 9.92. The Morgan fingerprint density at radius 2 is 1.72 bits per heavy atom. The summed E-state index contributed by atoms with van der Waals surface area (Å²) in [5.41, 5.74) is -2.80. The molecule has 2 aromatic carbocycles. The van der Waals surface area contributed by atoms with E-state index >= 15 is 0 Å². The van der Waals surface area contributed by atoms with Gasteiger partial charge >= 0.3 is 6.18 Å². The average Bonchev–Trinajstić information content (AvgIpc) is 2.85. The zero-order chi connectivity index (χ0) is 26.5. The quantitative estimate of drug-likeness (QED) is 0.460. The van der Waals surface area contributed by atoms with Crippen molar-refractivity contribution in [2.45, 2.75) is 30.7 Å². The van der Waals surface area contributed by atoms with Crippen molar-refractivity contribution in [3.8, 4) is 0 Å². The molecule has 1 heterocycles. The maximum absolute atomic E-state index is 13.6. The van der Waals surface area contributed by atoms with Crippen LogP contribution in [0, 0.1) is 0 Å². The number of anilines is 1. The molecule has 1 aliphatic heterocycles. The van der Waals surface area contributed by atoms with Crippen LogP contribution in [0.15, 0.2) is 48.5 Å². The average molecular weight is 527 g/mol. The Bertz CT molecular complexity index is 1060. The molecule has 0 aromatic heterocycles. The van der Waals surface area contributed by atoms with Gasteiger partial charge in [0, 0.05) is 57.6 Å². The van der Waals surface area contributed by atoms with Gasteiger partial charge in [-0.05, 0) is 31.0 Å². The van der Waals surface area contributed by atoms with E-state index in [9.17, 15) is 27.9 Å². The first-order valence-corrected chi connectivity index (χ1v) is 12.0. The monoisotopic (exact) mass is 526 g/mol. The lowest BCUT2D eigenvalue weighted by Gasteiger charge is -2.34. The fourth-order valence-corrected chi connectivity index (χ4v) is 4.40. The molecule has 0 spiro atoms. The van der Waals surface area contributed by atoms with Crippen molar-refractivity contribution in [1.82, 2.24) is 15.5 Å². The van der Waals surface area contributed by atoms with Gasteiger partial charge in [-0.25, -0.2) is 0 Å². The first kappa shape index (κ1) is 27.8. The zero-order valence-electron chi connectivity index (χ0n) is 20.1. The molecular formula is C25H30ClF3N4O3. The van der Waals surface area contributed by atoms with Gasteiger partial charge < -0.3 is 25.5 Å². The molecule has 1 saturated heterocycles. The van der Waals surface area contributed by atoms with Crippen LogP contribution in [0.2, 0.25) is 5.02 Å². The molecule has 0 unspecified atom stereocenters. The third-order valence-electron chi connectivity index (χ3n) is 6.22. The summed E-state index contributed by atoms with van der Waals surface area (Å²) >= 11 is 6.32. The molecule has 36 heavy (non-hydrogen) atoms. The predicted octanol–water partition coefficient (Wildman–Crippen LogP) is 3.17. The summed E-state index contributed by atoms with van der Waals surface area (Å²) in [6.07, 6.45) is -3.61. The number of piperidine rings is 1. The number of nitrogens with zero attached hydrogens (tertiary/aromatic N) is 2. The highest BCUT2D eigenvalue weighted by Crippen LogP contribution is 2.39. The summed E-state index contributed by atoms with van der Waals surface area (Å²) in [4.78, 5) is 28.1. The lowest BCUT2D eigenvalue weighted by Crippen LogP contribution is -2.55. The largest absolute Gasteiger partial charge is 0.430 e. The van der Waals surface area contributed by atoms with E-state index in [1.54, 1.807) is 26.2 Å². The van der Waals surface area contributed by atoms with Gasteiger partial charge in [0.25, 0.3) is 17.4 Å². The van der Waals surface area contributed by atoms with Crippen LogP contribution in [0.3, 0.4) is 0 Å². The Hall–Kier alpha value is -2.82. The highest BCUT2D eigenvalue weighted by atomic mass is 35.5. The maximum Gasteiger partial charge on any atom is 0.430 e. The van der Waals surface area contributed by atoms with Crippen molar-refractivity contribution in [2.75, 3.05) is 45.2 Å². The summed E-state index contributed by atoms with van der Waals surface area (Å²) in [5.74, 6) is -1.68. The highest BCUT2D eigenvalue weighted by Gasteiger charge is 2.60. The molecule has 196 valence electrons. The standard InChI is InChI=1S/C25H30ClF3N4O3/c1-32(2)22(34)20-9-8-19(16-21(20)26)33-14-10-18(11-15-33)30-12-13-31-23(35)24(36,25(27,28)29)17-6-4-3-5-7-17/h3-9,16,18,30,36H,10-15H2,1-2H3,(H,31,35)/t24-/m1/s1. The van der Waals surface area contributed by atoms with Gasteiger partial charge in [-0.2, -0.15) is 13.2 Å². The Morgan fingerprint density at radius 1 is 1.08 bits per heavy atom. The number of halogens is 4. The van der Waals surface area contributed by atoms with Crippen LogP contribution in [0.4, 0.5) is 18.9 Å². The third-order valence-corrected chi connectivity index (χ3v) is 6.54. The highest BCUT2D eigenvalue weighted by molar-refractivity contribution is 6.34. The van der Waals surface area contributed by atoms with Crippen LogP contribution in [-0.2, 0) is 10.4 Å². The topological polar surface area (TPSA) is 84.9 Å². The second-order valence-corrected chi connectivity index (χ2v) is 9.32. The first-order valence-electron chi connectivity index (χ1n) is 11.6. The first-order chi connectivity index (χ1) is 16.9. The smallest absolute Gasteiger partial charge is 0.371 e. The SMILES string of the molecule is CN(C)C(=O)c1ccc(N2CCC(NCCNC(=O)[C@](O)(c3ccccc3)C(F)(F)F)CC2)cc1Cl. The van der Waals surface area contributed by atoms with Gasteiger partial charge in [0.2, 0.25) is 0 Å². The summed E-state index contributed by atoms with van der Waals surface area (Å²) in [5, 5.41) is 16.1. The molecule has 2 amide bonds. The van der Waals surface area contributed by atoms with Crippen LogP contribution in [-0.4, -0.2) is 74.3 Å². The number of amides is 2. The van der Waals surface area contributed by atoms with E-state index in [4.69, 9.17) is 11.6 Å². The minimum Gasteiger partial charge on any atom is -0.371 e. The van der Waals surface area contributed by atoms with Crippen LogP contribution >= 0.6 is 11.6 Å². The number of nitrogens with one attached hydrogen (secondary N) is 2. The normalized spacial score (nSPS) is 16.4. The fourth-order valence-electron chi connectivity index (χ4n) is 4.14. The van der Waals surface area contributed by atoms with Gasteiger partial charge in [-0.1, -0.05) is 41.9 Å².